The third-order valence-electron chi connectivity index (χ3n) is 1.35. The Morgan fingerprint density at radius 1 is 1.09 bits per heavy atom. The molecule has 0 saturated heterocycles. The lowest BCUT2D eigenvalue weighted by Gasteiger charge is -2.27. The zero-order chi connectivity index (χ0) is 9.23. The van der Waals surface area contributed by atoms with E-state index in [4.69, 9.17) is 11.2 Å². The maximum absolute atomic E-state index is 9.18. The molecule has 0 aromatic rings. The molecule has 11 heavy (non-hydrogen) atoms. The summed E-state index contributed by atoms with van der Waals surface area (Å²) in [6.07, 6.45) is 0. The molecule has 0 aromatic carbocycles. The van der Waals surface area contributed by atoms with Crippen LogP contribution < -0.4 is 0 Å². The molecule has 0 aliphatic heterocycles. The van der Waals surface area contributed by atoms with Crippen LogP contribution in [0.5, 0.6) is 0 Å². The third kappa shape index (κ3) is 3.68. The predicted octanol–water partition coefficient (Wildman–Crippen LogP) is 2.01. The van der Waals surface area contributed by atoms with Crippen molar-refractivity contribution in [2.45, 2.75) is 39.8 Å². The molecule has 0 aliphatic rings. The van der Waals surface area contributed by atoms with Crippen LogP contribution in [0, 0.1) is 0 Å². The molecule has 0 spiro atoms. The third-order valence-corrected chi connectivity index (χ3v) is 3.39. The Hall–Kier alpha value is 0.600. The Labute approximate surface area is 73.3 Å². The van der Waals surface area contributed by atoms with Gasteiger partial charge in [0.05, 0.1) is 0 Å². The fraction of sp³-hybridized carbons (Fsp3) is 1.00. The van der Waals surface area contributed by atoms with Crippen LogP contribution in [0.1, 0.15) is 27.7 Å². The van der Waals surface area contributed by atoms with Crippen LogP contribution in [-0.4, -0.2) is 26.5 Å². The van der Waals surface area contributed by atoms with Gasteiger partial charge in [0.25, 0.3) is 0 Å². The van der Waals surface area contributed by atoms with Crippen molar-refractivity contribution in [3.8, 4) is 0 Å². The molecule has 0 fully saturated rings. The minimum absolute atomic E-state index is 0.0517. The van der Waals surface area contributed by atoms with Gasteiger partial charge in [-0.25, -0.2) is 0 Å². The molecule has 0 rings (SSSR count). The summed E-state index contributed by atoms with van der Waals surface area (Å²) < 4.78 is 1.51. The number of rotatable bonds is 3. The van der Waals surface area contributed by atoms with E-state index in [1.54, 1.807) is 0 Å². The first kappa shape index (κ1) is 11.6. The first-order valence-electron chi connectivity index (χ1n) is 3.59. The Morgan fingerprint density at radius 2 is 1.36 bits per heavy atom. The zero-order valence-electron chi connectivity index (χ0n) is 7.32. The second-order valence-electron chi connectivity index (χ2n) is 3.06. The molecule has 0 bridgehead atoms. The van der Waals surface area contributed by atoms with E-state index in [0.29, 0.717) is 0 Å². The van der Waals surface area contributed by atoms with E-state index in [1.807, 2.05) is 27.7 Å². The molecule has 2 N–H and O–H groups in total. The van der Waals surface area contributed by atoms with Gasteiger partial charge >= 0.3 is 7.22 Å². The highest BCUT2D eigenvalue weighted by Crippen LogP contribution is 2.60. The lowest BCUT2D eigenvalue weighted by molar-refractivity contribution is 0.252. The smallest absolute Gasteiger partial charge is 0.188 e. The predicted molar refractivity (Wildman–Crippen MR) is 49.3 cm³/mol. The summed E-state index contributed by atoms with van der Waals surface area (Å²) in [6, 6.07) is 0.103. The maximum atomic E-state index is 9.18. The van der Waals surface area contributed by atoms with Crippen LogP contribution in [0.2, 0.25) is 0 Å². The van der Waals surface area contributed by atoms with Crippen LogP contribution in [0.4, 0.5) is 0 Å². The summed E-state index contributed by atoms with van der Waals surface area (Å²) in [4.78, 5) is 18.4. The van der Waals surface area contributed by atoms with Crippen LogP contribution >= 0.6 is 18.5 Å². The lowest BCUT2D eigenvalue weighted by atomic mass is 10.3. The maximum Gasteiger partial charge on any atom is 0.452 e. The lowest BCUT2D eigenvalue weighted by Crippen LogP contribution is -2.34. The Bertz CT molecular complexity index is 116. The fourth-order valence-electron chi connectivity index (χ4n) is 1.18. The van der Waals surface area contributed by atoms with Crippen molar-refractivity contribution in [2.75, 3.05) is 0 Å². The average molecular weight is 201 g/mol. The van der Waals surface area contributed by atoms with Crippen molar-refractivity contribution in [1.29, 1.82) is 0 Å². The molecule has 0 aliphatic carbocycles. The Balaban J connectivity index is 4.35. The number of hydrogen-bond donors (Lipinski definition) is 2. The minimum atomic E-state index is -3.33. The van der Waals surface area contributed by atoms with Crippen LogP contribution in [0.15, 0.2) is 0 Å². The van der Waals surface area contributed by atoms with E-state index < -0.39 is 7.22 Å². The van der Waals surface area contributed by atoms with Gasteiger partial charge < -0.3 is 0 Å². The Kier molecular flexibility index (Phi) is 4.23. The van der Waals surface area contributed by atoms with E-state index in [9.17, 15) is 9.79 Å². The van der Waals surface area contributed by atoms with Gasteiger partial charge in [0.15, 0.2) is 11.2 Å². The van der Waals surface area contributed by atoms with Gasteiger partial charge in [-0.05, 0) is 27.7 Å². The van der Waals surface area contributed by atoms with Gasteiger partial charge in [-0.2, -0.15) is 9.79 Å². The summed E-state index contributed by atoms with van der Waals surface area (Å²) >= 11 is 5.44. The van der Waals surface area contributed by atoms with Gasteiger partial charge in [0.1, 0.15) is 0 Å². The first-order valence-corrected chi connectivity index (χ1v) is 6.15. The normalized spacial score (nSPS) is 13.6. The van der Waals surface area contributed by atoms with E-state index in [-0.39, 0.29) is 12.1 Å². The summed E-state index contributed by atoms with van der Waals surface area (Å²) in [6.45, 7) is 7.51. The zero-order valence-corrected chi connectivity index (χ0v) is 8.97. The van der Waals surface area contributed by atoms with E-state index in [1.165, 1.54) is 4.67 Å². The van der Waals surface area contributed by atoms with Crippen molar-refractivity contribution < 1.29 is 9.79 Å². The molecule has 0 radical (unpaired) electrons. The highest BCUT2D eigenvalue weighted by atomic mass is 35.7. The second kappa shape index (κ2) is 4.01. The molecule has 5 heteroatoms. The molecule has 3 nitrogen and oxygen atoms in total. The molecule has 0 heterocycles. The van der Waals surface area contributed by atoms with Crippen molar-refractivity contribution >= 4 is 18.5 Å². The molecule has 68 valence electrons. The van der Waals surface area contributed by atoms with Crippen molar-refractivity contribution in [2.24, 2.45) is 0 Å². The first-order chi connectivity index (χ1) is 4.76. The Morgan fingerprint density at radius 3 is 1.36 bits per heavy atom. The van der Waals surface area contributed by atoms with Gasteiger partial charge in [-0.1, -0.05) is 0 Å². The summed E-state index contributed by atoms with van der Waals surface area (Å²) in [7, 11) is -3.33. The average Bonchev–Trinajstić information content (AvgIpc) is 1.54. The molecule has 0 amide bonds. The van der Waals surface area contributed by atoms with E-state index in [0.717, 1.165) is 0 Å². The SMILES string of the molecule is CC(C)N(C(C)C)[P+](O)(O)Cl. The van der Waals surface area contributed by atoms with Crippen molar-refractivity contribution in [3.05, 3.63) is 0 Å². The van der Waals surface area contributed by atoms with Gasteiger partial charge in [-0.3, -0.25) is 0 Å². The number of hydrogen-bond acceptors (Lipinski definition) is 3. The number of nitrogens with zero attached hydrogens (tertiary/aromatic N) is 1. The fourth-order valence-corrected chi connectivity index (χ4v) is 3.41. The standard InChI is InChI=1S/C6H16ClNO2P/c1-5(2)8(6(3)4)11(7,9)10/h5-6,9-10H,1-4H3/q+1. The molecule has 0 atom stereocenters. The van der Waals surface area contributed by atoms with Crippen LogP contribution in [-0.2, 0) is 0 Å². The quantitative estimate of drug-likeness (QED) is 0.685. The van der Waals surface area contributed by atoms with Gasteiger partial charge in [-0.15, -0.1) is 4.67 Å². The van der Waals surface area contributed by atoms with Gasteiger partial charge in [0, 0.05) is 12.1 Å². The largest absolute Gasteiger partial charge is 0.452 e. The topological polar surface area (TPSA) is 43.7 Å². The molecular formula is C6H16ClNO2P+. The highest BCUT2D eigenvalue weighted by Gasteiger charge is 2.44. The van der Waals surface area contributed by atoms with Crippen molar-refractivity contribution in [3.63, 3.8) is 0 Å². The van der Waals surface area contributed by atoms with E-state index in [2.05, 4.69) is 0 Å². The van der Waals surface area contributed by atoms with Gasteiger partial charge in [0.2, 0.25) is 0 Å². The highest BCUT2D eigenvalue weighted by molar-refractivity contribution is 7.88. The molecule has 0 aromatic heterocycles. The summed E-state index contributed by atoms with van der Waals surface area (Å²) in [5.74, 6) is 0. The molecular weight excluding hydrogens is 184 g/mol. The summed E-state index contributed by atoms with van der Waals surface area (Å²) in [5, 5.41) is 0. The second-order valence-corrected chi connectivity index (χ2v) is 5.88. The van der Waals surface area contributed by atoms with E-state index >= 15 is 0 Å². The molecule has 0 saturated carbocycles. The summed E-state index contributed by atoms with van der Waals surface area (Å²) in [5.41, 5.74) is 0. The number of halogens is 1. The van der Waals surface area contributed by atoms with Crippen LogP contribution in [0.3, 0.4) is 0 Å². The van der Waals surface area contributed by atoms with Crippen LogP contribution in [0.25, 0.3) is 0 Å². The van der Waals surface area contributed by atoms with Crippen molar-refractivity contribution in [1.82, 2.24) is 4.67 Å². The molecule has 0 unspecified atom stereocenters. The minimum Gasteiger partial charge on any atom is -0.188 e. The monoisotopic (exact) mass is 200 g/mol.